The van der Waals surface area contributed by atoms with Crippen LogP contribution in [-0.4, -0.2) is 29.9 Å². The molecule has 170 valence electrons. The van der Waals surface area contributed by atoms with E-state index >= 15 is 0 Å². The number of rotatable bonds is 22. The number of hydrogen-bond donors (Lipinski definition) is 1. The van der Waals surface area contributed by atoms with E-state index in [1.54, 1.807) is 0 Å². The Bertz CT molecular complexity index is 415. The second-order valence-corrected chi connectivity index (χ2v) is 10.0. The van der Waals surface area contributed by atoms with Crippen LogP contribution in [0.15, 0.2) is 0 Å². The normalized spacial score (nSPS) is 12.7. The van der Waals surface area contributed by atoms with Crippen LogP contribution in [0.25, 0.3) is 0 Å². The van der Waals surface area contributed by atoms with E-state index in [4.69, 9.17) is 0 Å². The predicted molar refractivity (Wildman–Crippen MR) is 119 cm³/mol. The summed E-state index contributed by atoms with van der Waals surface area (Å²) in [6, 6.07) is 0. The molecule has 0 aliphatic rings. The van der Waals surface area contributed by atoms with Gasteiger partial charge in [0.1, 0.15) is 0 Å². The number of unbranched alkanes of at least 4 members (excludes halogenated alkanes) is 16. The summed E-state index contributed by atoms with van der Waals surface area (Å²) in [5.74, 6) is -0.231. The van der Waals surface area contributed by atoms with Gasteiger partial charge in [-0.3, -0.25) is 0 Å². The molecule has 0 radical (unpaired) electrons. The molecule has 0 rings (SSSR count). The van der Waals surface area contributed by atoms with Crippen molar-refractivity contribution in [3.63, 3.8) is 0 Å². The van der Waals surface area contributed by atoms with Crippen LogP contribution in [0.2, 0.25) is 0 Å². The minimum atomic E-state index is -4.04. The van der Waals surface area contributed by atoms with Gasteiger partial charge in [0.25, 0.3) is 0 Å². The molecule has 0 bridgehead atoms. The van der Waals surface area contributed by atoms with Gasteiger partial charge in [-0.15, -0.1) is 0 Å². The topological polar surface area (TPSA) is 77.4 Å². The van der Waals surface area contributed by atoms with Crippen LogP contribution in [0.4, 0.5) is 0 Å². The molecule has 0 aromatic carbocycles. The predicted octanol–water partition coefficient (Wildman–Crippen LogP) is 3.72. The van der Waals surface area contributed by atoms with Crippen molar-refractivity contribution in [2.45, 2.75) is 141 Å². The van der Waals surface area contributed by atoms with E-state index in [-0.39, 0.29) is 63.2 Å². The first-order valence-corrected chi connectivity index (χ1v) is 13.6. The Morgan fingerprint density at radius 1 is 0.621 bits per heavy atom. The Hall–Kier alpha value is 1.51. The first-order chi connectivity index (χ1) is 13.5. The van der Waals surface area contributed by atoms with E-state index in [1.807, 2.05) is 0 Å². The molecule has 4 nitrogen and oxygen atoms in total. The molecule has 0 aliphatic carbocycles. The number of aliphatic hydroxyl groups is 1. The molecule has 1 atom stereocenters. The quantitative estimate of drug-likeness (QED) is 0.152. The molecule has 0 aliphatic heterocycles. The molecule has 29 heavy (non-hydrogen) atoms. The first kappa shape index (κ1) is 32.7. The Kier molecular flexibility index (Phi) is 27.2. The molecular weight excluding hydrogens is 411 g/mol. The van der Waals surface area contributed by atoms with E-state index in [9.17, 15) is 18.1 Å². The third-order valence-corrected chi connectivity index (χ3v) is 6.36. The zero-order valence-electron chi connectivity index (χ0n) is 19.5. The van der Waals surface area contributed by atoms with Crippen molar-refractivity contribution in [3.8, 4) is 0 Å². The summed E-state index contributed by atoms with van der Waals surface area (Å²) in [4.78, 5) is 0. The summed E-state index contributed by atoms with van der Waals surface area (Å²) < 4.78 is 31.5. The summed E-state index contributed by atoms with van der Waals surface area (Å²) in [6.07, 6.45) is 23.3. The van der Waals surface area contributed by atoms with Gasteiger partial charge in [-0.25, -0.2) is 8.42 Å². The molecule has 1 N–H and O–H groups in total. The number of hydrogen-bond acceptors (Lipinski definition) is 4. The summed E-state index contributed by atoms with van der Waals surface area (Å²) in [7, 11) is -4.04. The fourth-order valence-electron chi connectivity index (χ4n) is 3.73. The van der Waals surface area contributed by atoms with Crippen molar-refractivity contribution < 1.29 is 69.5 Å². The molecule has 0 heterocycles. The van der Waals surface area contributed by atoms with Crippen molar-refractivity contribution >= 4 is 10.1 Å². The van der Waals surface area contributed by atoms with E-state index in [0.717, 1.165) is 51.4 Å². The fraction of sp³-hybridized carbons (Fsp3) is 1.00. The van der Waals surface area contributed by atoms with Gasteiger partial charge in [-0.05, 0) is 19.3 Å². The molecular formula is C23H47KO4S. The van der Waals surface area contributed by atoms with E-state index in [0.29, 0.717) is 6.42 Å². The zero-order valence-corrected chi connectivity index (χ0v) is 23.4. The fourth-order valence-corrected chi connectivity index (χ4v) is 4.29. The van der Waals surface area contributed by atoms with Gasteiger partial charge >= 0.3 is 51.4 Å². The summed E-state index contributed by atoms with van der Waals surface area (Å²) in [5.41, 5.74) is 0. The molecule has 0 saturated carbocycles. The Labute approximate surface area is 224 Å². The average Bonchev–Trinajstić information content (AvgIpc) is 2.64. The van der Waals surface area contributed by atoms with E-state index in [1.165, 1.54) is 70.6 Å². The third-order valence-electron chi connectivity index (χ3n) is 5.57. The standard InChI is InChI=1S/C23H48O4S.K/c1-2-3-4-5-6-7-8-9-10-11-14-17-20-23(24)21-18-15-12-13-16-19-22-28(25,26)27;/h23-24H,2-22H2,1H3,(H,25,26,27);/q;+1/p-1. The molecule has 0 fully saturated rings. The molecule has 6 heteroatoms. The first-order valence-electron chi connectivity index (χ1n) is 12.1. The zero-order chi connectivity index (χ0) is 20.9. The van der Waals surface area contributed by atoms with Gasteiger partial charge < -0.3 is 9.66 Å². The van der Waals surface area contributed by atoms with Gasteiger partial charge in [0.2, 0.25) is 0 Å². The molecule has 0 saturated heterocycles. The van der Waals surface area contributed by atoms with Gasteiger partial charge in [0.05, 0.1) is 16.2 Å². The Morgan fingerprint density at radius 2 is 0.931 bits per heavy atom. The second kappa shape index (κ2) is 24.2. The maximum Gasteiger partial charge on any atom is 1.00 e. The van der Waals surface area contributed by atoms with Gasteiger partial charge in [0, 0.05) is 5.75 Å². The van der Waals surface area contributed by atoms with Crippen molar-refractivity contribution in [1.29, 1.82) is 0 Å². The van der Waals surface area contributed by atoms with Crippen molar-refractivity contribution in [2.75, 3.05) is 5.75 Å². The van der Waals surface area contributed by atoms with Gasteiger partial charge in [-0.2, -0.15) is 0 Å². The maximum absolute atomic E-state index is 10.5. The van der Waals surface area contributed by atoms with Crippen LogP contribution in [0.1, 0.15) is 135 Å². The van der Waals surface area contributed by atoms with E-state index in [2.05, 4.69) is 6.92 Å². The summed E-state index contributed by atoms with van der Waals surface area (Å²) >= 11 is 0. The van der Waals surface area contributed by atoms with Crippen LogP contribution in [0, 0.1) is 0 Å². The molecule has 0 aromatic rings. The monoisotopic (exact) mass is 458 g/mol. The van der Waals surface area contributed by atoms with Gasteiger partial charge in [-0.1, -0.05) is 116 Å². The molecule has 1 unspecified atom stereocenters. The summed E-state index contributed by atoms with van der Waals surface area (Å²) in [6.45, 7) is 2.26. The van der Waals surface area contributed by atoms with Crippen molar-refractivity contribution in [1.82, 2.24) is 0 Å². The SMILES string of the molecule is CCCCCCCCCCCCCCC(O)CCCCCCCCS(=O)(=O)[O-].[K+]. The Morgan fingerprint density at radius 3 is 1.28 bits per heavy atom. The minimum Gasteiger partial charge on any atom is -0.748 e. The second-order valence-electron chi connectivity index (χ2n) is 8.50. The van der Waals surface area contributed by atoms with Crippen LogP contribution < -0.4 is 51.4 Å². The molecule has 0 aromatic heterocycles. The minimum absolute atomic E-state index is 0. The average molecular weight is 459 g/mol. The molecule has 0 amide bonds. The smallest absolute Gasteiger partial charge is 0.748 e. The number of aliphatic hydroxyl groups excluding tert-OH is 1. The van der Waals surface area contributed by atoms with Crippen LogP contribution in [0.5, 0.6) is 0 Å². The summed E-state index contributed by atoms with van der Waals surface area (Å²) in [5, 5.41) is 10.0. The van der Waals surface area contributed by atoms with Crippen LogP contribution in [-0.2, 0) is 10.1 Å². The van der Waals surface area contributed by atoms with Gasteiger partial charge in [0.15, 0.2) is 0 Å². The van der Waals surface area contributed by atoms with Crippen LogP contribution >= 0.6 is 0 Å². The largest absolute Gasteiger partial charge is 1.00 e. The maximum atomic E-state index is 10.5. The van der Waals surface area contributed by atoms with Crippen molar-refractivity contribution in [2.24, 2.45) is 0 Å². The van der Waals surface area contributed by atoms with E-state index < -0.39 is 10.1 Å². The molecule has 0 spiro atoms. The van der Waals surface area contributed by atoms with Crippen LogP contribution in [0.3, 0.4) is 0 Å². The third kappa shape index (κ3) is 29.5. The Balaban J connectivity index is 0. The van der Waals surface area contributed by atoms with Crippen molar-refractivity contribution in [3.05, 3.63) is 0 Å².